The molecule has 2 rings (SSSR count). The van der Waals surface area contributed by atoms with Crippen molar-refractivity contribution in [1.82, 2.24) is 10.6 Å². The van der Waals surface area contributed by atoms with Crippen LogP contribution in [-0.4, -0.2) is 25.7 Å². The number of rotatable bonds is 6. The van der Waals surface area contributed by atoms with Crippen molar-refractivity contribution in [2.24, 2.45) is 10.9 Å². The van der Waals surface area contributed by atoms with E-state index in [9.17, 15) is 0 Å². The maximum atomic E-state index is 5.11. The molecule has 5 heteroatoms. The van der Waals surface area contributed by atoms with Crippen LogP contribution in [0.5, 0.6) is 0 Å². The predicted octanol–water partition coefficient (Wildman–Crippen LogP) is 2.91. The van der Waals surface area contributed by atoms with Crippen molar-refractivity contribution in [2.75, 3.05) is 13.7 Å². The van der Waals surface area contributed by atoms with Gasteiger partial charge in [-0.3, -0.25) is 0 Å². The monoisotopic (exact) mass is 403 g/mol. The first kappa shape index (κ1) is 18.2. The van der Waals surface area contributed by atoms with E-state index in [1.807, 2.05) is 0 Å². The minimum atomic E-state index is 0. The molecule has 0 aromatic heterocycles. The van der Waals surface area contributed by atoms with Crippen LogP contribution in [0.4, 0.5) is 0 Å². The van der Waals surface area contributed by atoms with Crippen LogP contribution in [0.3, 0.4) is 0 Å². The van der Waals surface area contributed by atoms with E-state index in [-0.39, 0.29) is 24.0 Å². The number of hydrogen-bond donors (Lipinski definition) is 2. The molecule has 0 aliphatic heterocycles. The highest BCUT2D eigenvalue weighted by atomic mass is 127. The summed E-state index contributed by atoms with van der Waals surface area (Å²) < 4.78 is 5.11. The van der Waals surface area contributed by atoms with Crippen LogP contribution in [-0.2, 0) is 17.9 Å². The zero-order valence-corrected chi connectivity index (χ0v) is 15.4. The molecular formula is C16H26IN3O. The molecule has 4 nitrogen and oxygen atoms in total. The Kier molecular flexibility index (Phi) is 8.03. The van der Waals surface area contributed by atoms with Gasteiger partial charge in [-0.25, -0.2) is 4.99 Å². The van der Waals surface area contributed by atoms with Gasteiger partial charge in [0.1, 0.15) is 0 Å². The second-order valence-electron chi connectivity index (χ2n) is 5.41. The highest BCUT2D eigenvalue weighted by Crippen LogP contribution is 2.28. The normalized spacial score (nSPS) is 20.6. The van der Waals surface area contributed by atoms with Gasteiger partial charge in [-0.05, 0) is 30.4 Å². The van der Waals surface area contributed by atoms with Crippen molar-refractivity contribution >= 4 is 29.9 Å². The highest BCUT2D eigenvalue weighted by molar-refractivity contribution is 14.0. The largest absolute Gasteiger partial charge is 0.380 e. The van der Waals surface area contributed by atoms with Crippen molar-refractivity contribution in [3.8, 4) is 0 Å². The number of methoxy groups -OCH3 is 1. The third-order valence-corrected chi connectivity index (χ3v) is 3.53. The first-order valence-corrected chi connectivity index (χ1v) is 7.34. The summed E-state index contributed by atoms with van der Waals surface area (Å²) in [6, 6.07) is 9.01. The summed E-state index contributed by atoms with van der Waals surface area (Å²) in [6.45, 7) is 6.60. The molecule has 2 unspecified atom stereocenters. The van der Waals surface area contributed by atoms with E-state index in [1.54, 1.807) is 7.11 Å². The van der Waals surface area contributed by atoms with E-state index in [0.29, 0.717) is 19.2 Å². The molecule has 21 heavy (non-hydrogen) atoms. The molecule has 1 aromatic rings. The lowest BCUT2D eigenvalue weighted by Crippen LogP contribution is -2.39. The van der Waals surface area contributed by atoms with E-state index >= 15 is 0 Å². The first-order chi connectivity index (χ1) is 9.72. The fraction of sp³-hybridized carbons (Fsp3) is 0.562. The summed E-state index contributed by atoms with van der Waals surface area (Å²) in [6.07, 6.45) is 1.25. The Morgan fingerprint density at radius 3 is 2.43 bits per heavy atom. The van der Waals surface area contributed by atoms with Gasteiger partial charge in [-0.1, -0.05) is 31.2 Å². The van der Waals surface area contributed by atoms with E-state index in [1.165, 1.54) is 17.5 Å². The summed E-state index contributed by atoms with van der Waals surface area (Å²) in [4.78, 5) is 4.64. The van der Waals surface area contributed by atoms with Crippen molar-refractivity contribution < 1.29 is 4.74 Å². The quantitative estimate of drug-likeness (QED) is 0.436. The van der Waals surface area contributed by atoms with E-state index in [4.69, 9.17) is 4.74 Å². The van der Waals surface area contributed by atoms with Gasteiger partial charge in [0.2, 0.25) is 0 Å². The SMILES string of the molecule is CCNC(=NCc1ccc(COC)cc1)NC1CC1C.I. The van der Waals surface area contributed by atoms with Gasteiger partial charge >= 0.3 is 0 Å². The van der Waals surface area contributed by atoms with Gasteiger partial charge in [0, 0.05) is 19.7 Å². The topological polar surface area (TPSA) is 45.7 Å². The molecule has 118 valence electrons. The van der Waals surface area contributed by atoms with Crippen LogP contribution in [0.25, 0.3) is 0 Å². The molecule has 1 saturated carbocycles. The Labute approximate surface area is 144 Å². The molecule has 0 saturated heterocycles. The third-order valence-electron chi connectivity index (χ3n) is 3.53. The zero-order chi connectivity index (χ0) is 14.4. The number of nitrogens with zero attached hydrogens (tertiary/aromatic N) is 1. The molecule has 0 amide bonds. The van der Waals surface area contributed by atoms with Crippen LogP contribution in [0.1, 0.15) is 31.4 Å². The molecule has 0 heterocycles. The molecule has 2 atom stereocenters. The predicted molar refractivity (Wildman–Crippen MR) is 98.1 cm³/mol. The number of ether oxygens (including phenoxy) is 1. The van der Waals surface area contributed by atoms with E-state index in [0.717, 1.165) is 18.4 Å². The summed E-state index contributed by atoms with van der Waals surface area (Å²) in [5, 5.41) is 6.76. The number of nitrogens with one attached hydrogen (secondary N) is 2. The highest BCUT2D eigenvalue weighted by Gasteiger charge is 2.33. The molecule has 0 bridgehead atoms. The van der Waals surface area contributed by atoms with Crippen molar-refractivity contribution in [3.05, 3.63) is 35.4 Å². The van der Waals surface area contributed by atoms with Gasteiger partial charge < -0.3 is 15.4 Å². The van der Waals surface area contributed by atoms with Crippen molar-refractivity contribution in [3.63, 3.8) is 0 Å². The fourth-order valence-electron chi connectivity index (χ4n) is 2.10. The second kappa shape index (κ2) is 9.25. The van der Waals surface area contributed by atoms with Crippen LogP contribution in [0, 0.1) is 5.92 Å². The lowest BCUT2D eigenvalue weighted by Gasteiger charge is -2.10. The zero-order valence-electron chi connectivity index (χ0n) is 13.1. The smallest absolute Gasteiger partial charge is 0.191 e. The number of hydrogen-bond acceptors (Lipinski definition) is 2. The molecule has 0 spiro atoms. The van der Waals surface area contributed by atoms with Crippen molar-refractivity contribution in [1.29, 1.82) is 0 Å². The van der Waals surface area contributed by atoms with Gasteiger partial charge in [-0.15, -0.1) is 24.0 Å². The summed E-state index contributed by atoms with van der Waals surface area (Å²) in [5.74, 6) is 1.69. The van der Waals surface area contributed by atoms with Gasteiger partial charge in [0.05, 0.1) is 13.2 Å². The molecule has 1 fully saturated rings. The average Bonchev–Trinajstić information content (AvgIpc) is 3.14. The Hall–Kier alpha value is -0.820. The summed E-state index contributed by atoms with van der Waals surface area (Å²) >= 11 is 0. The number of benzene rings is 1. The summed E-state index contributed by atoms with van der Waals surface area (Å²) in [5.41, 5.74) is 2.41. The fourth-order valence-corrected chi connectivity index (χ4v) is 2.10. The lowest BCUT2D eigenvalue weighted by atomic mass is 10.1. The number of aliphatic imine (C=N–C) groups is 1. The summed E-state index contributed by atoms with van der Waals surface area (Å²) in [7, 11) is 1.71. The first-order valence-electron chi connectivity index (χ1n) is 7.34. The van der Waals surface area contributed by atoms with Crippen LogP contribution < -0.4 is 10.6 Å². The maximum absolute atomic E-state index is 5.11. The van der Waals surface area contributed by atoms with Crippen molar-refractivity contribution in [2.45, 2.75) is 39.5 Å². The Morgan fingerprint density at radius 1 is 1.29 bits per heavy atom. The third kappa shape index (κ3) is 6.22. The molecular weight excluding hydrogens is 377 g/mol. The second-order valence-corrected chi connectivity index (χ2v) is 5.41. The standard InChI is InChI=1S/C16H25N3O.HI/c1-4-17-16(19-15-9-12(15)2)18-10-13-5-7-14(8-6-13)11-20-3;/h5-8,12,15H,4,9-11H2,1-3H3,(H2,17,18,19);1H. The van der Waals surface area contributed by atoms with Gasteiger partial charge in [0.25, 0.3) is 0 Å². The van der Waals surface area contributed by atoms with Gasteiger partial charge in [0.15, 0.2) is 5.96 Å². The Bertz CT molecular complexity index is 447. The van der Waals surface area contributed by atoms with E-state index in [2.05, 4.69) is 53.7 Å². The number of halogens is 1. The van der Waals surface area contributed by atoms with Crippen LogP contribution in [0.2, 0.25) is 0 Å². The van der Waals surface area contributed by atoms with Crippen LogP contribution >= 0.6 is 24.0 Å². The maximum Gasteiger partial charge on any atom is 0.191 e. The molecule has 1 aromatic carbocycles. The number of guanidine groups is 1. The Morgan fingerprint density at radius 2 is 1.90 bits per heavy atom. The lowest BCUT2D eigenvalue weighted by molar-refractivity contribution is 0.185. The minimum absolute atomic E-state index is 0. The minimum Gasteiger partial charge on any atom is -0.380 e. The molecule has 0 radical (unpaired) electrons. The van der Waals surface area contributed by atoms with Gasteiger partial charge in [-0.2, -0.15) is 0 Å². The van der Waals surface area contributed by atoms with Crippen LogP contribution in [0.15, 0.2) is 29.3 Å². The molecule has 2 N–H and O–H groups in total. The molecule has 1 aliphatic carbocycles. The molecule has 1 aliphatic rings. The van der Waals surface area contributed by atoms with E-state index < -0.39 is 0 Å². The average molecular weight is 403 g/mol. The Balaban J connectivity index is 0.00000220.